The molecule has 2 N–H and O–H groups in total. The van der Waals surface area contributed by atoms with Gasteiger partial charge in [-0.3, -0.25) is 9.59 Å². The van der Waals surface area contributed by atoms with Gasteiger partial charge in [-0.05, 0) is 25.0 Å². The summed E-state index contributed by atoms with van der Waals surface area (Å²) in [7, 11) is 0. The van der Waals surface area contributed by atoms with Crippen LogP contribution in [0.4, 0.5) is 0 Å². The molecule has 0 fully saturated rings. The second-order valence-electron chi connectivity index (χ2n) is 4.00. The third-order valence-corrected chi connectivity index (χ3v) is 2.42. The number of carboxylic acids is 1. The number of benzene rings is 1. The van der Waals surface area contributed by atoms with Gasteiger partial charge in [0.2, 0.25) is 0 Å². The Balaban J connectivity index is 2.40. The van der Waals surface area contributed by atoms with Gasteiger partial charge < -0.3 is 15.2 Å². The molecule has 0 aliphatic heterocycles. The zero-order chi connectivity index (χ0) is 13.5. The first-order valence-electron chi connectivity index (χ1n) is 5.68. The lowest BCUT2D eigenvalue weighted by molar-refractivity contribution is -0.137. The van der Waals surface area contributed by atoms with Gasteiger partial charge in [0, 0.05) is 6.54 Å². The van der Waals surface area contributed by atoms with Gasteiger partial charge in [-0.2, -0.15) is 0 Å². The van der Waals surface area contributed by atoms with Crippen molar-refractivity contribution in [2.75, 3.05) is 13.2 Å². The quantitative estimate of drug-likeness (QED) is 0.798. The Morgan fingerprint density at radius 1 is 1.28 bits per heavy atom. The molecule has 0 unspecified atom stereocenters. The number of para-hydroxylation sites is 1. The van der Waals surface area contributed by atoms with Crippen molar-refractivity contribution in [1.29, 1.82) is 0 Å². The van der Waals surface area contributed by atoms with E-state index in [2.05, 4.69) is 5.32 Å². The van der Waals surface area contributed by atoms with Crippen LogP contribution in [-0.2, 0) is 9.59 Å². The number of carbonyl (C=O) groups is 2. The summed E-state index contributed by atoms with van der Waals surface area (Å²) in [5, 5.41) is 10.9. The van der Waals surface area contributed by atoms with Crippen molar-refractivity contribution >= 4 is 11.9 Å². The predicted molar refractivity (Wildman–Crippen MR) is 66.7 cm³/mol. The summed E-state index contributed by atoms with van der Waals surface area (Å²) < 4.78 is 5.43. The molecule has 5 nitrogen and oxygen atoms in total. The lowest BCUT2D eigenvalue weighted by Gasteiger charge is -2.11. The van der Waals surface area contributed by atoms with E-state index in [4.69, 9.17) is 9.84 Å². The second-order valence-corrected chi connectivity index (χ2v) is 4.00. The van der Waals surface area contributed by atoms with Crippen LogP contribution in [0.15, 0.2) is 18.2 Å². The van der Waals surface area contributed by atoms with E-state index in [0.717, 1.165) is 11.1 Å². The van der Waals surface area contributed by atoms with Crippen molar-refractivity contribution in [2.45, 2.75) is 20.3 Å². The number of rotatable bonds is 6. The summed E-state index contributed by atoms with van der Waals surface area (Å²) in [5.74, 6) is -0.559. The van der Waals surface area contributed by atoms with Crippen LogP contribution in [0.3, 0.4) is 0 Å². The number of hydrogen-bond donors (Lipinski definition) is 2. The number of amides is 1. The number of carboxylic acid groups (broad SMARTS) is 1. The Morgan fingerprint density at radius 2 is 1.89 bits per heavy atom. The Kier molecular flexibility index (Phi) is 5.17. The molecular weight excluding hydrogens is 234 g/mol. The van der Waals surface area contributed by atoms with Crippen molar-refractivity contribution in [3.05, 3.63) is 29.3 Å². The van der Waals surface area contributed by atoms with E-state index in [-0.39, 0.29) is 25.5 Å². The molecule has 0 saturated heterocycles. The second kappa shape index (κ2) is 6.64. The molecule has 18 heavy (non-hydrogen) atoms. The van der Waals surface area contributed by atoms with Crippen LogP contribution in [0.1, 0.15) is 17.5 Å². The number of nitrogens with one attached hydrogen (secondary N) is 1. The van der Waals surface area contributed by atoms with Crippen LogP contribution < -0.4 is 10.1 Å². The minimum atomic E-state index is -0.939. The van der Waals surface area contributed by atoms with Crippen LogP contribution in [0.2, 0.25) is 0 Å². The largest absolute Gasteiger partial charge is 0.483 e. The van der Waals surface area contributed by atoms with Crippen LogP contribution in [-0.4, -0.2) is 30.1 Å². The van der Waals surface area contributed by atoms with Gasteiger partial charge in [0.05, 0.1) is 6.42 Å². The van der Waals surface area contributed by atoms with Gasteiger partial charge in [0.1, 0.15) is 5.75 Å². The Bertz CT molecular complexity index is 422. The van der Waals surface area contributed by atoms with Crippen LogP contribution in [0.25, 0.3) is 0 Å². The summed E-state index contributed by atoms with van der Waals surface area (Å²) >= 11 is 0. The average molecular weight is 251 g/mol. The van der Waals surface area contributed by atoms with Gasteiger partial charge in [0.25, 0.3) is 5.91 Å². The van der Waals surface area contributed by atoms with Gasteiger partial charge >= 0.3 is 5.97 Å². The lowest BCUT2D eigenvalue weighted by Crippen LogP contribution is -2.30. The maximum Gasteiger partial charge on any atom is 0.305 e. The molecule has 0 heterocycles. The third-order valence-electron chi connectivity index (χ3n) is 2.42. The van der Waals surface area contributed by atoms with Gasteiger partial charge in [-0.15, -0.1) is 0 Å². The molecule has 0 saturated carbocycles. The SMILES string of the molecule is Cc1cccc(C)c1OCC(=O)NCCC(=O)O. The standard InChI is InChI=1S/C13H17NO4/c1-9-4-3-5-10(2)13(9)18-8-11(15)14-7-6-12(16)17/h3-5H,6-8H2,1-2H3,(H,14,15)(H,16,17). The Morgan fingerprint density at radius 3 is 2.44 bits per heavy atom. The number of hydrogen-bond acceptors (Lipinski definition) is 3. The predicted octanol–water partition coefficient (Wildman–Crippen LogP) is 1.27. The summed E-state index contributed by atoms with van der Waals surface area (Å²) in [5.41, 5.74) is 1.93. The molecule has 1 aromatic rings. The van der Waals surface area contributed by atoms with E-state index in [0.29, 0.717) is 5.75 Å². The number of carbonyl (C=O) groups excluding carboxylic acids is 1. The van der Waals surface area contributed by atoms with Crippen LogP contribution >= 0.6 is 0 Å². The van der Waals surface area contributed by atoms with Crippen molar-refractivity contribution in [3.8, 4) is 5.75 Å². The Labute approximate surface area is 106 Å². The summed E-state index contributed by atoms with van der Waals surface area (Å²) in [4.78, 5) is 21.7. The molecule has 5 heteroatoms. The molecule has 0 aliphatic carbocycles. The first-order chi connectivity index (χ1) is 8.50. The van der Waals surface area contributed by atoms with Crippen LogP contribution in [0, 0.1) is 13.8 Å². The maximum atomic E-state index is 11.4. The summed E-state index contributed by atoms with van der Waals surface area (Å²) in [6.45, 7) is 3.82. The maximum absolute atomic E-state index is 11.4. The van der Waals surface area contributed by atoms with Gasteiger partial charge in [-0.1, -0.05) is 18.2 Å². The van der Waals surface area contributed by atoms with E-state index >= 15 is 0 Å². The fourth-order valence-corrected chi connectivity index (χ4v) is 1.52. The van der Waals surface area contributed by atoms with E-state index in [1.54, 1.807) is 0 Å². The van der Waals surface area contributed by atoms with Crippen molar-refractivity contribution in [1.82, 2.24) is 5.32 Å². The third kappa shape index (κ3) is 4.45. The van der Waals surface area contributed by atoms with Crippen LogP contribution in [0.5, 0.6) is 5.75 Å². The molecule has 0 spiro atoms. The molecule has 1 rings (SSSR count). The highest BCUT2D eigenvalue weighted by molar-refractivity contribution is 5.78. The van der Waals surface area contributed by atoms with E-state index in [9.17, 15) is 9.59 Å². The molecule has 1 aromatic carbocycles. The average Bonchev–Trinajstić information content (AvgIpc) is 2.27. The summed E-state index contributed by atoms with van der Waals surface area (Å²) in [6, 6.07) is 5.74. The normalized spacial score (nSPS) is 9.89. The Hall–Kier alpha value is -2.04. The van der Waals surface area contributed by atoms with Crippen molar-refractivity contribution < 1.29 is 19.4 Å². The molecule has 98 valence electrons. The lowest BCUT2D eigenvalue weighted by atomic mass is 10.1. The minimum absolute atomic E-state index is 0.0882. The molecular formula is C13H17NO4. The van der Waals surface area contributed by atoms with Crippen molar-refractivity contribution in [3.63, 3.8) is 0 Å². The number of aryl methyl sites for hydroxylation is 2. The van der Waals surface area contributed by atoms with Gasteiger partial charge in [-0.25, -0.2) is 0 Å². The first kappa shape index (κ1) is 14.0. The number of ether oxygens (including phenoxy) is 1. The monoisotopic (exact) mass is 251 g/mol. The van der Waals surface area contributed by atoms with E-state index < -0.39 is 5.97 Å². The first-order valence-corrected chi connectivity index (χ1v) is 5.68. The molecule has 0 radical (unpaired) electrons. The molecule has 0 aliphatic rings. The zero-order valence-corrected chi connectivity index (χ0v) is 10.5. The molecule has 0 bridgehead atoms. The fourth-order valence-electron chi connectivity index (χ4n) is 1.52. The molecule has 0 atom stereocenters. The topological polar surface area (TPSA) is 75.6 Å². The van der Waals surface area contributed by atoms with Gasteiger partial charge in [0.15, 0.2) is 6.61 Å². The smallest absolute Gasteiger partial charge is 0.305 e. The van der Waals surface area contributed by atoms with E-state index in [1.807, 2.05) is 32.0 Å². The highest BCUT2D eigenvalue weighted by atomic mass is 16.5. The molecule has 1 amide bonds. The zero-order valence-electron chi connectivity index (χ0n) is 10.5. The minimum Gasteiger partial charge on any atom is -0.483 e. The van der Waals surface area contributed by atoms with E-state index in [1.165, 1.54) is 0 Å². The highest BCUT2D eigenvalue weighted by Gasteiger charge is 2.07. The summed E-state index contributed by atoms with van der Waals surface area (Å²) in [6.07, 6.45) is -0.0882. The molecule has 0 aromatic heterocycles. The fraction of sp³-hybridized carbons (Fsp3) is 0.385. The van der Waals surface area contributed by atoms with Crippen molar-refractivity contribution in [2.24, 2.45) is 0 Å². The number of aliphatic carboxylic acids is 1. The highest BCUT2D eigenvalue weighted by Crippen LogP contribution is 2.21.